The zero-order valence-electron chi connectivity index (χ0n) is 8.69. The van der Waals surface area contributed by atoms with Crippen LogP contribution in [-0.2, 0) is 4.79 Å². The summed E-state index contributed by atoms with van der Waals surface area (Å²) in [5.74, 6) is 0.153. The maximum Gasteiger partial charge on any atom is 0.219 e. The van der Waals surface area contributed by atoms with Crippen LogP contribution in [0.25, 0.3) is 0 Å². The van der Waals surface area contributed by atoms with Gasteiger partial charge in [0.05, 0.1) is 6.04 Å². The lowest BCUT2D eigenvalue weighted by Gasteiger charge is -2.23. The lowest BCUT2D eigenvalue weighted by atomic mass is 10.1. The fourth-order valence-electron chi connectivity index (χ4n) is 2.12. The van der Waals surface area contributed by atoms with Crippen molar-refractivity contribution in [3.05, 3.63) is 28.5 Å². The fraction of sp³-hybridized carbons (Fsp3) is 0.455. The topological polar surface area (TPSA) is 36.1 Å². The van der Waals surface area contributed by atoms with Crippen LogP contribution in [0.3, 0.4) is 0 Å². The molecule has 0 saturated carbocycles. The highest BCUT2D eigenvalue weighted by atomic mass is 32.1. The molecule has 2 rings (SSSR count). The van der Waals surface area contributed by atoms with Crippen molar-refractivity contribution in [2.24, 2.45) is 0 Å². The largest absolute Gasteiger partial charge is 0.353 e. The van der Waals surface area contributed by atoms with Gasteiger partial charge in [0.2, 0.25) is 5.91 Å². The van der Waals surface area contributed by atoms with Crippen LogP contribution in [0, 0.1) is 4.64 Å². The number of hydrogen-bond acceptors (Lipinski definition) is 2. The van der Waals surface area contributed by atoms with E-state index in [-0.39, 0.29) is 11.9 Å². The summed E-state index contributed by atoms with van der Waals surface area (Å²) in [5, 5.41) is 0. The second-order valence-corrected chi connectivity index (χ2v) is 4.30. The first kappa shape index (κ1) is 10.4. The highest BCUT2D eigenvalue weighted by Gasteiger charge is 2.27. The predicted molar refractivity (Wildman–Crippen MR) is 61.0 cm³/mol. The highest BCUT2D eigenvalue weighted by molar-refractivity contribution is 7.71. The number of carbonyl (C=O) groups is 1. The first-order valence-corrected chi connectivity index (χ1v) is 5.55. The molecule has 1 aliphatic rings. The number of H-pyrrole nitrogens is 1. The van der Waals surface area contributed by atoms with E-state index < -0.39 is 0 Å². The van der Waals surface area contributed by atoms with Crippen molar-refractivity contribution in [2.75, 3.05) is 6.54 Å². The molecule has 0 radical (unpaired) electrons. The summed E-state index contributed by atoms with van der Waals surface area (Å²) >= 11 is 4.99. The van der Waals surface area contributed by atoms with Crippen molar-refractivity contribution in [3.63, 3.8) is 0 Å². The minimum atomic E-state index is 0.153. The second-order valence-electron chi connectivity index (χ2n) is 3.86. The fourth-order valence-corrected chi connectivity index (χ4v) is 2.25. The van der Waals surface area contributed by atoms with E-state index in [1.54, 1.807) is 6.92 Å². The van der Waals surface area contributed by atoms with Crippen LogP contribution in [0.2, 0.25) is 0 Å². The first-order valence-electron chi connectivity index (χ1n) is 5.14. The van der Waals surface area contributed by atoms with Crippen molar-refractivity contribution >= 4 is 18.1 Å². The molecule has 1 atom stereocenters. The number of nitrogens with one attached hydrogen (secondary N) is 1. The van der Waals surface area contributed by atoms with Gasteiger partial charge in [0.15, 0.2) is 0 Å². The van der Waals surface area contributed by atoms with Crippen LogP contribution in [0.1, 0.15) is 31.4 Å². The van der Waals surface area contributed by atoms with Crippen molar-refractivity contribution in [1.29, 1.82) is 0 Å². The van der Waals surface area contributed by atoms with E-state index in [4.69, 9.17) is 12.2 Å². The van der Waals surface area contributed by atoms with Gasteiger partial charge >= 0.3 is 0 Å². The molecule has 3 nitrogen and oxygen atoms in total. The van der Waals surface area contributed by atoms with Crippen molar-refractivity contribution in [1.82, 2.24) is 9.88 Å². The number of carbonyl (C=O) groups excluding carboxylic acids is 1. The molecule has 1 aromatic rings. The minimum Gasteiger partial charge on any atom is -0.353 e. The lowest BCUT2D eigenvalue weighted by Crippen LogP contribution is -2.28. The molecule has 80 valence electrons. The van der Waals surface area contributed by atoms with E-state index in [2.05, 4.69) is 4.98 Å². The summed E-state index contributed by atoms with van der Waals surface area (Å²) in [6, 6.07) is 4.11. The summed E-state index contributed by atoms with van der Waals surface area (Å²) < 4.78 is 0.728. The Kier molecular flexibility index (Phi) is 2.86. The average Bonchev–Trinajstić information content (AvgIpc) is 2.67. The molecule has 0 spiro atoms. The van der Waals surface area contributed by atoms with Crippen LogP contribution >= 0.6 is 12.2 Å². The van der Waals surface area contributed by atoms with Gasteiger partial charge in [-0.1, -0.05) is 18.3 Å². The Morgan fingerprint density at radius 2 is 2.40 bits per heavy atom. The molecule has 1 aromatic heterocycles. The third-order valence-electron chi connectivity index (χ3n) is 2.85. The van der Waals surface area contributed by atoms with Gasteiger partial charge in [0.1, 0.15) is 4.64 Å². The second kappa shape index (κ2) is 4.14. The van der Waals surface area contributed by atoms with Crippen LogP contribution in [0.5, 0.6) is 0 Å². The standard InChI is InChI=1S/C11H14N2OS/c1-8(14)13-6-2-3-10(13)9-4-5-11(15)12-7-9/h4-5,7,10H,2-3,6H2,1H3,(H,12,15). The van der Waals surface area contributed by atoms with E-state index in [1.165, 1.54) is 0 Å². The molecule has 2 heterocycles. The Morgan fingerprint density at radius 3 is 3.00 bits per heavy atom. The molecule has 1 amide bonds. The van der Waals surface area contributed by atoms with Crippen LogP contribution in [0.15, 0.2) is 18.3 Å². The van der Waals surface area contributed by atoms with Crippen molar-refractivity contribution in [2.45, 2.75) is 25.8 Å². The van der Waals surface area contributed by atoms with Gasteiger partial charge < -0.3 is 9.88 Å². The van der Waals surface area contributed by atoms with E-state index >= 15 is 0 Å². The number of aromatic nitrogens is 1. The maximum absolute atomic E-state index is 11.4. The number of aromatic amines is 1. The summed E-state index contributed by atoms with van der Waals surface area (Å²) in [5.41, 5.74) is 1.15. The number of hydrogen-bond donors (Lipinski definition) is 1. The molecule has 0 aromatic carbocycles. The molecule has 1 aliphatic heterocycles. The van der Waals surface area contributed by atoms with E-state index in [0.29, 0.717) is 0 Å². The Hall–Kier alpha value is -1.16. The van der Waals surface area contributed by atoms with Gasteiger partial charge in [-0.3, -0.25) is 4.79 Å². The summed E-state index contributed by atoms with van der Waals surface area (Å²) in [6.07, 6.45) is 4.04. The summed E-state index contributed by atoms with van der Waals surface area (Å²) in [7, 11) is 0. The smallest absolute Gasteiger partial charge is 0.219 e. The Morgan fingerprint density at radius 1 is 1.60 bits per heavy atom. The number of pyridine rings is 1. The highest BCUT2D eigenvalue weighted by Crippen LogP contribution is 2.31. The minimum absolute atomic E-state index is 0.153. The number of rotatable bonds is 1. The SMILES string of the molecule is CC(=O)N1CCCC1c1ccc(=S)[nH]c1. The third-order valence-corrected chi connectivity index (χ3v) is 3.10. The van der Waals surface area contributed by atoms with Gasteiger partial charge in [-0.2, -0.15) is 0 Å². The molecular formula is C11H14N2OS. The number of nitrogens with zero attached hydrogens (tertiary/aromatic N) is 1. The molecule has 0 aliphatic carbocycles. The van der Waals surface area contributed by atoms with Gasteiger partial charge in [0, 0.05) is 19.7 Å². The molecule has 1 saturated heterocycles. The first-order chi connectivity index (χ1) is 7.18. The predicted octanol–water partition coefficient (Wildman–Crippen LogP) is 2.43. The van der Waals surface area contributed by atoms with Crippen molar-refractivity contribution in [3.8, 4) is 0 Å². The normalized spacial score (nSPS) is 20.6. The Bertz CT molecular complexity index is 406. The molecule has 15 heavy (non-hydrogen) atoms. The quantitative estimate of drug-likeness (QED) is 0.741. The molecule has 1 fully saturated rings. The van der Waals surface area contributed by atoms with Gasteiger partial charge in [0.25, 0.3) is 0 Å². The number of likely N-dealkylation sites (tertiary alicyclic amines) is 1. The van der Waals surface area contributed by atoms with Crippen molar-refractivity contribution < 1.29 is 4.79 Å². The van der Waals surface area contributed by atoms with Gasteiger partial charge in [-0.15, -0.1) is 0 Å². The Balaban J connectivity index is 2.26. The van der Waals surface area contributed by atoms with E-state index in [9.17, 15) is 4.79 Å². The van der Waals surface area contributed by atoms with E-state index in [0.717, 1.165) is 29.6 Å². The molecule has 1 N–H and O–H groups in total. The maximum atomic E-state index is 11.4. The third kappa shape index (κ3) is 2.09. The van der Waals surface area contributed by atoms with Crippen LogP contribution in [0.4, 0.5) is 0 Å². The molecule has 4 heteroatoms. The molecular weight excluding hydrogens is 208 g/mol. The number of amides is 1. The monoisotopic (exact) mass is 222 g/mol. The van der Waals surface area contributed by atoms with E-state index in [1.807, 2.05) is 23.2 Å². The van der Waals surface area contributed by atoms with Gasteiger partial charge in [-0.25, -0.2) is 0 Å². The zero-order chi connectivity index (χ0) is 10.8. The summed E-state index contributed by atoms with van der Waals surface area (Å²) in [4.78, 5) is 16.3. The zero-order valence-corrected chi connectivity index (χ0v) is 9.51. The molecule has 1 unspecified atom stereocenters. The molecule has 0 bridgehead atoms. The summed E-state index contributed by atoms with van der Waals surface area (Å²) in [6.45, 7) is 2.50. The average molecular weight is 222 g/mol. The lowest BCUT2D eigenvalue weighted by molar-refractivity contribution is -0.129. The van der Waals surface area contributed by atoms with Crippen LogP contribution < -0.4 is 0 Å². The Labute approximate surface area is 94.1 Å². The van der Waals surface area contributed by atoms with Crippen LogP contribution in [-0.4, -0.2) is 22.3 Å². The van der Waals surface area contributed by atoms with Gasteiger partial charge in [-0.05, 0) is 24.5 Å².